The normalized spacial score (nSPS) is 16.9. The van der Waals surface area contributed by atoms with Crippen LogP contribution in [0.5, 0.6) is 0 Å². The molecular formula is C17H23NO3. The molecule has 1 heterocycles. The molecule has 0 aliphatic carbocycles. The molecule has 0 spiro atoms. The summed E-state index contributed by atoms with van der Waals surface area (Å²) in [4.78, 5) is 26.1. The monoisotopic (exact) mass is 289 g/mol. The van der Waals surface area contributed by atoms with Crippen molar-refractivity contribution in [3.8, 4) is 0 Å². The highest BCUT2D eigenvalue weighted by atomic mass is 16.5. The van der Waals surface area contributed by atoms with Gasteiger partial charge in [-0.15, -0.1) is 0 Å². The summed E-state index contributed by atoms with van der Waals surface area (Å²) in [5, 5.41) is 0. The van der Waals surface area contributed by atoms with E-state index in [9.17, 15) is 9.59 Å². The van der Waals surface area contributed by atoms with E-state index in [1.165, 1.54) is 0 Å². The maximum Gasteiger partial charge on any atom is 0.320 e. The number of esters is 1. The molecule has 0 bridgehead atoms. The van der Waals surface area contributed by atoms with Gasteiger partial charge in [0.25, 0.3) is 0 Å². The maximum atomic E-state index is 12.4. The zero-order valence-electron chi connectivity index (χ0n) is 12.7. The van der Waals surface area contributed by atoms with Gasteiger partial charge in [0.15, 0.2) is 5.78 Å². The Morgan fingerprint density at radius 3 is 2.38 bits per heavy atom. The summed E-state index contributed by atoms with van der Waals surface area (Å²) in [5.74, 6) is 0.114. The van der Waals surface area contributed by atoms with E-state index in [4.69, 9.17) is 4.74 Å². The number of likely N-dealkylation sites (tertiary alicyclic amines) is 1. The largest absolute Gasteiger partial charge is 0.462 e. The Morgan fingerprint density at radius 1 is 1.19 bits per heavy atom. The van der Waals surface area contributed by atoms with Crippen molar-refractivity contribution in [2.24, 2.45) is 5.92 Å². The molecule has 0 amide bonds. The Bertz CT molecular complexity index is 476. The van der Waals surface area contributed by atoms with E-state index in [1.807, 2.05) is 44.2 Å². The summed E-state index contributed by atoms with van der Waals surface area (Å²) in [5.41, 5.74) is 0.787. The van der Waals surface area contributed by atoms with Crippen LogP contribution in [0.15, 0.2) is 30.3 Å². The van der Waals surface area contributed by atoms with E-state index in [-0.39, 0.29) is 23.8 Å². The van der Waals surface area contributed by atoms with Gasteiger partial charge in [-0.1, -0.05) is 30.3 Å². The summed E-state index contributed by atoms with van der Waals surface area (Å²) < 4.78 is 5.15. The molecule has 0 radical (unpaired) electrons. The number of hydrogen-bond donors (Lipinski definition) is 0. The molecule has 0 N–H and O–H groups in total. The standard InChI is InChI=1S/C17H23NO3/c1-13(2)21-16(19)12-18-10-8-15(9-11-18)17(20)14-6-4-3-5-7-14/h3-7,13,15H,8-12H2,1-2H3. The molecule has 0 saturated carbocycles. The third kappa shape index (κ3) is 4.67. The lowest BCUT2D eigenvalue weighted by Crippen LogP contribution is -2.40. The molecule has 1 aliphatic heterocycles. The number of benzene rings is 1. The Labute approximate surface area is 126 Å². The number of carbonyl (C=O) groups excluding carboxylic acids is 2. The molecule has 114 valence electrons. The minimum Gasteiger partial charge on any atom is -0.462 e. The van der Waals surface area contributed by atoms with Gasteiger partial charge in [-0.25, -0.2) is 0 Å². The third-order valence-electron chi connectivity index (χ3n) is 3.74. The molecule has 1 aromatic carbocycles. The average Bonchev–Trinajstić information content (AvgIpc) is 2.47. The average molecular weight is 289 g/mol. The topological polar surface area (TPSA) is 46.6 Å². The van der Waals surface area contributed by atoms with Crippen LogP contribution >= 0.6 is 0 Å². The Morgan fingerprint density at radius 2 is 1.81 bits per heavy atom. The fraction of sp³-hybridized carbons (Fsp3) is 0.529. The highest BCUT2D eigenvalue weighted by Gasteiger charge is 2.26. The van der Waals surface area contributed by atoms with Gasteiger partial charge in [0, 0.05) is 11.5 Å². The highest BCUT2D eigenvalue weighted by Crippen LogP contribution is 2.21. The second kappa shape index (κ2) is 7.36. The number of hydrogen-bond acceptors (Lipinski definition) is 4. The van der Waals surface area contributed by atoms with Crippen molar-refractivity contribution in [1.29, 1.82) is 0 Å². The minimum absolute atomic E-state index is 0.0739. The molecule has 21 heavy (non-hydrogen) atoms. The molecule has 1 aliphatic rings. The van der Waals surface area contributed by atoms with Crippen LogP contribution in [0, 0.1) is 5.92 Å². The first-order chi connectivity index (χ1) is 10.1. The van der Waals surface area contributed by atoms with Crippen LogP contribution in [0.2, 0.25) is 0 Å². The van der Waals surface area contributed by atoms with Crippen molar-refractivity contribution in [1.82, 2.24) is 4.90 Å². The van der Waals surface area contributed by atoms with Crippen molar-refractivity contribution >= 4 is 11.8 Å². The number of ketones is 1. The first kappa shape index (κ1) is 15.7. The molecule has 4 heteroatoms. The first-order valence-corrected chi connectivity index (χ1v) is 7.57. The number of rotatable bonds is 5. The zero-order chi connectivity index (χ0) is 15.2. The molecule has 1 saturated heterocycles. The van der Waals surface area contributed by atoms with Gasteiger partial charge in [0.05, 0.1) is 12.6 Å². The summed E-state index contributed by atoms with van der Waals surface area (Å²) in [6, 6.07) is 9.44. The number of Topliss-reactive ketones (excluding diaryl/α,β-unsaturated/α-hetero) is 1. The van der Waals surface area contributed by atoms with Crippen molar-refractivity contribution in [2.45, 2.75) is 32.8 Å². The lowest BCUT2D eigenvalue weighted by Gasteiger charge is -2.30. The van der Waals surface area contributed by atoms with E-state index in [0.29, 0.717) is 6.54 Å². The van der Waals surface area contributed by atoms with Gasteiger partial charge in [-0.05, 0) is 39.8 Å². The maximum absolute atomic E-state index is 12.4. The molecule has 0 atom stereocenters. The van der Waals surface area contributed by atoms with Crippen LogP contribution in [-0.2, 0) is 9.53 Å². The number of nitrogens with zero attached hydrogens (tertiary/aromatic N) is 1. The van der Waals surface area contributed by atoms with Crippen LogP contribution in [0.1, 0.15) is 37.0 Å². The van der Waals surface area contributed by atoms with Crippen molar-refractivity contribution < 1.29 is 14.3 Å². The molecule has 1 fully saturated rings. The van der Waals surface area contributed by atoms with E-state index < -0.39 is 0 Å². The van der Waals surface area contributed by atoms with Gasteiger partial charge in [0.2, 0.25) is 0 Å². The summed E-state index contributed by atoms with van der Waals surface area (Å²) in [6.45, 7) is 5.57. The summed E-state index contributed by atoms with van der Waals surface area (Å²) in [7, 11) is 0. The molecule has 4 nitrogen and oxygen atoms in total. The fourth-order valence-corrected chi connectivity index (χ4v) is 2.67. The first-order valence-electron chi connectivity index (χ1n) is 7.57. The lowest BCUT2D eigenvalue weighted by atomic mass is 9.89. The van der Waals surface area contributed by atoms with Crippen molar-refractivity contribution in [3.05, 3.63) is 35.9 Å². The van der Waals surface area contributed by atoms with Gasteiger partial charge in [-0.3, -0.25) is 14.5 Å². The lowest BCUT2D eigenvalue weighted by molar-refractivity contribution is -0.149. The second-order valence-corrected chi connectivity index (χ2v) is 5.82. The smallest absolute Gasteiger partial charge is 0.320 e. The van der Waals surface area contributed by atoms with Gasteiger partial charge < -0.3 is 4.74 Å². The Hall–Kier alpha value is -1.68. The molecular weight excluding hydrogens is 266 g/mol. The summed E-state index contributed by atoms with van der Waals surface area (Å²) in [6.07, 6.45) is 1.54. The Balaban J connectivity index is 1.81. The van der Waals surface area contributed by atoms with Gasteiger partial charge in [-0.2, -0.15) is 0 Å². The van der Waals surface area contributed by atoms with Crippen LogP contribution in [0.3, 0.4) is 0 Å². The SMILES string of the molecule is CC(C)OC(=O)CN1CCC(C(=O)c2ccccc2)CC1. The predicted octanol–water partition coefficient (Wildman–Crippen LogP) is 2.53. The minimum atomic E-state index is -0.183. The van der Waals surface area contributed by atoms with E-state index in [0.717, 1.165) is 31.5 Å². The van der Waals surface area contributed by atoms with Crippen LogP contribution in [-0.4, -0.2) is 42.4 Å². The molecule has 0 aromatic heterocycles. The van der Waals surface area contributed by atoms with E-state index >= 15 is 0 Å². The quantitative estimate of drug-likeness (QED) is 0.617. The number of ether oxygens (including phenoxy) is 1. The third-order valence-corrected chi connectivity index (χ3v) is 3.74. The van der Waals surface area contributed by atoms with E-state index in [1.54, 1.807) is 0 Å². The molecule has 0 unspecified atom stereocenters. The van der Waals surface area contributed by atoms with Crippen LogP contribution < -0.4 is 0 Å². The number of carbonyl (C=O) groups is 2. The second-order valence-electron chi connectivity index (χ2n) is 5.82. The van der Waals surface area contributed by atoms with Crippen LogP contribution in [0.25, 0.3) is 0 Å². The summed E-state index contributed by atoms with van der Waals surface area (Å²) >= 11 is 0. The number of piperidine rings is 1. The van der Waals surface area contributed by atoms with Crippen molar-refractivity contribution in [3.63, 3.8) is 0 Å². The fourth-order valence-electron chi connectivity index (χ4n) is 2.67. The Kier molecular flexibility index (Phi) is 5.51. The molecule has 1 aromatic rings. The van der Waals surface area contributed by atoms with Crippen LogP contribution in [0.4, 0.5) is 0 Å². The highest BCUT2D eigenvalue weighted by molar-refractivity contribution is 5.97. The van der Waals surface area contributed by atoms with Crippen molar-refractivity contribution in [2.75, 3.05) is 19.6 Å². The zero-order valence-corrected chi connectivity index (χ0v) is 12.7. The van der Waals surface area contributed by atoms with Gasteiger partial charge >= 0.3 is 5.97 Å². The molecule has 2 rings (SSSR count). The predicted molar refractivity (Wildman–Crippen MR) is 81.2 cm³/mol. The van der Waals surface area contributed by atoms with E-state index in [2.05, 4.69) is 4.90 Å². The van der Waals surface area contributed by atoms with Gasteiger partial charge in [0.1, 0.15) is 0 Å².